The summed E-state index contributed by atoms with van der Waals surface area (Å²) in [7, 11) is 1.64. The van der Waals surface area contributed by atoms with Gasteiger partial charge in [-0.25, -0.2) is 0 Å². The summed E-state index contributed by atoms with van der Waals surface area (Å²) in [5.41, 5.74) is 0. The third-order valence-corrected chi connectivity index (χ3v) is 1.42. The number of rotatable bonds is 2. The summed E-state index contributed by atoms with van der Waals surface area (Å²) in [4.78, 5) is 0. The van der Waals surface area contributed by atoms with Crippen LogP contribution in [0.25, 0.3) is 0 Å². The Morgan fingerprint density at radius 1 is 1.50 bits per heavy atom. The van der Waals surface area contributed by atoms with Gasteiger partial charge in [0.2, 0.25) is 0 Å². The van der Waals surface area contributed by atoms with Crippen molar-refractivity contribution in [1.29, 1.82) is 0 Å². The lowest BCUT2D eigenvalue weighted by atomic mass is 10.4. The predicted octanol–water partition coefficient (Wildman–Crippen LogP) is 0.560. The molecular weight excluding hydrogens is 132 g/mol. The van der Waals surface area contributed by atoms with E-state index in [1.807, 2.05) is 0 Å². The minimum absolute atomic E-state index is 0.0798. The monoisotopic (exact) mass is 144 g/mol. The second kappa shape index (κ2) is 3.71. The molecule has 58 valence electrons. The Balaban J connectivity index is 2.23. The van der Waals surface area contributed by atoms with Crippen LogP contribution in [-0.2, 0) is 14.2 Å². The summed E-state index contributed by atoms with van der Waals surface area (Å²) in [5.74, 6) is 0. The Morgan fingerprint density at radius 2 is 2.10 bits per heavy atom. The van der Waals surface area contributed by atoms with Gasteiger partial charge in [0.05, 0.1) is 13.2 Å². The Kier molecular flexibility index (Phi) is 2.86. The maximum Gasteiger partial charge on any atom is 0.176 e. The molecule has 0 aromatic rings. The minimum Gasteiger partial charge on any atom is -0.377 e. The van der Waals surface area contributed by atoms with Gasteiger partial charge < -0.3 is 14.2 Å². The first kappa shape index (κ1) is 7.72. The van der Waals surface area contributed by atoms with Crippen LogP contribution in [-0.4, -0.2) is 32.7 Å². The highest BCUT2D eigenvalue weighted by Crippen LogP contribution is 2.07. The fourth-order valence-electron chi connectivity index (χ4n) is 0.773. The van der Waals surface area contributed by atoms with Crippen molar-refractivity contribution in [3.63, 3.8) is 0 Å². The van der Waals surface area contributed by atoms with Crippen molar-refractivity contribution in [1.82, 2.24) is 0 Å². The van der Waals surface area contributed by atoms with Gasteiger partial charge in [-0.1, -0.05) is 6.58 Å². The Morgan fingerprint density at radius 3 is 2.50 bits per heavy atom. The summed E-state index contributed by atoms with van der Waals surface area (Å²) in [5, 5.41) is 0. The van der Waals surface area contributed by atoms with Gasteiger partial charge in [0.15, 0.2) is 6.29 Å². The van der Waals surface area contributed by atoms with Crippen molar-refractivity contribution < 1.29 is 14.2 Å². The van der Waals surface area contributed by atoms with E-state index in [4.69, 9.17) is 14.2 Å². The highest BCUT2D eigenvalue weighted by Gasteiger charge is 2.18. The molecule has 0 unspecified atom stereocenters. The third-order valence-electron chi connectivity index (χ3n) is 1.42. The zero-order valence-electron chi connectivity index (χ0n) is 6.08. The van der Waals surface area contributed by atoms with Gasteiger partial charge in [-0.2, -0.15) is 0 Å². The lowest BCUT2D eigenvalue weighted by molar-refractivity contribution is -0.199. The van der Waals surface area contributed by atoms with Crippen LogP contribution in [0.4, 0.5) is 0 Å². The molecule has 0 spiro atoms. The molecule has 10 heavy (non-hydrogen) atoms. The first-order valence-electron chi connectivity index (χ1n) is 3.25. The molecule has 1 fully saturated rings. The lowest BCUT2D eigenvalue weighted by Gasteiger charge is -2.26. The average Bonchev–Trinajstić information content (AvgIpc) is 2.05. The Bertz CT molecular complexity index is 105. The standard InChI is InChI=1S/C7H12O3/c1-3-7-9-4-6(8-2)5-10-7/h3,6-7H,1,4-5H2,2H3. The molecule has 1 aliphatic heterocycles. The molecule has 3 nitrogen and oxygen atoms in total. The first-order chi connectivity index (χ1) is 4.86. The quantitative estimate of drug-likeness (QED) is 0.530. The molecule has 0 aromatic heterocycles. The van der Waals surface area contributed by atoms with Crippen LogP contribution in [0.2, 0.25) is 0 Å². The molecule has 0 amide bonds. The molecule has 0 saturated carbocycles. The van der Waals surface area contributed by atoms with Gasteiger partial charge in [0.25, 0.3) is 0 Å². The van der Waals surface area contributed by atoms with Gasteiger partial charge >= 0.3 is 0 Å². The van der Waals surface area contributed by atoms with E-state index in [0.717, 1.165) is 0 Å². The fraction of sp³-hybridized carbons (Fsp3) is 0.714. The molecule has 0 radical (unpaired) electrons. The molecule has 0 aliphatic carbocycles. The zero-order chi connectivity index (χ0) is 7.40. The minimum atomic E-state index is -0.244. The number of methoxy groups -OCH3 is 1. The summed E-state index contributed by atoms with van der Waals surface area (Å²) < 4.78 is 15.3. The van der Waals surface area contributed by atoms with Crippen molar-refractivity contribution in [2.24, 2.45) is 0 Å². The van der Waals surface area contributed by atoms with Gasteiger partial charge in [-0.05, 0) is 6.08 Å². The topological polar surface area (TPSA) is 27.7 Å². The second-order valence-corrected chi connectivity index (χ2v) is 2.13. The summed E-state index contributed by atoms with van der Waals surface area (Å²) in [6, 6.07) is 0. The molecule has 0 N–H and O–H groups in total. The van der Waals surface area contributed by atoms with E-state index in [1.54, 1.807) is 13.2 Å². The normalized spacial score (nSPS) is 33.7. The molecule has 0 bridgehead atoms. The van der Waals surface area contributed by atoms with E-state index in [-0.39, 0.29) is 12.4 Å². The highest BCUT2D eigenvalue weighted by atomic mass is 16.7. The summed E-state index contributed by atoms with van der Waals surface area (Å²) in [6.07, 6.45) is 1.47. The molecule has 1 aliphatic rings. The first-order valence-corrected chi connectivity index (χ1v) is 3.25. The van der Waals surface area contributed by atoms with Crippen LogP contribution in [0, 0.1) is 0 Å². The summed E-state index contributed by atoms with van der Waals surface area (Å²) in [6.45, 7) is 4.73. The van der Waals surface area contributed by atoms with Crippen LogP contribution < -0.4 is 0 Å². The van der Waals surface area contributed by atoms with Crippen molar-refractivity contribution in [3.8, 4) is 0 Å². The number of hydrogen-bond acceptors (Lipinski definition) is 3. The second-order valence-electron chi connectivity index (χ2n) is 2.13. The van der Waals surface area contributed by atoms with Crippen molar-refractivity contribution in [2.75, 3.05) is 20.3 Å². The maximum absolute atomic E-state index is 5.17. The lowest BCUT2D eigenvalue weighted by Crippen LogP contribution is -2.35. The Labute approximate surface area is 60.6 Å². The SMILES string of the molecule is C=CC1OCC(OC)CO1. The van der Waals surface area contributed by atoms with Gasteiger partial charge in [-0.15, -0.1) is 0 Å². The zero-order valence-corrected chi connectivity index (χ0v) is 6.08. The van der Waals surface area contributed by atoms with Crippen molar-refractivity contribution in [2.45, 2.75) is 12.4 Å². The third kappa shape index (κ3) is 1.80. The van der Waals surface area contributed by atoms with Gasteiger partial charge in [0, 0.05) is 7.11 Å². The molecule has 0 aromatic carbocycles. The molecule has 1 heterocycles. The van der Waals surface area contributed by atoms with Gasteiger partial charge in [0.1, 0.15) is 6.10 Å². The van der Waals surface area contributed by atoms with Crippen LogP contribution in [0.5, 0.6) is 0 Å². The molecule has 1 saturated heterocycles. The predicted molar refractivity (Wildman–Crippen MR) is 36.7 cm³/mol. The largest absolute Gasteiger partial charge is 0.377 e. The smallest absolute Gasteiger partial charge is 0.176 e. The average molecular weight is 144 g/mol. The van der Waals surface area contributed by atoms with Crippen LogP contribution in [0.15, 0.2) is 12.7 Å². The molecular formula is C7H12O3. The van der Waals surface area contributed by atoms with Crippen molar-refractivity contribution >= 4 is 0 Å². The number of ether oxygens (including phenoxy) is 3. The maximum atomic E-state index is 5.17. The highest BCUT2D eigenvalue weighted by molar-refractivity contribution is 4.75. The molecule has 1 rings (SSSR count). The number of hydrogen-bond donors (Lipinski definition) is 0. The van der Waals surface area contributed by atoms with Crippen LogP contribution in [0.1, 0.15) is 0 Å². The van der Waals surface area contributed by atoms with E-state index in [1.165, 1.54) is 0 Å². The van der Waals surface area contributed by atoms with Crippen LogP contribution >= 0.6 is 0 Å². The van der Waals surface area contributed by atoms with E-state index < -0.39 is 0 Å². The van der Waals surface area contributed by atoms with E-state index in [0.29, 0.717) is 13.2 Å². The van der Waals surface area contributed by atoms with E-state index in [2.05, 4.69) is 6.58 Å². The van der Waals surface area contributed by atoms with Crippen molar-refractivity contribution in [3.05, 3.63) is 12.7 Å². The summed E-state index contributed by atoms with van der Waals surface area (Å²) >= 11 is 0. The van der Waals surface area contributed by atoms with Gasteiger partial charge in [-0.3, -0.25) is 0 Å². The Hall–Kier alpha value is -0.380. The fourth-order valence-corrected chi connectivity index (χ4v) is 0.773. The molecule has 3 heteroatoms. The van der Waals surface area contributed by atoms with E-state index in [9.17, 15) is 0 Å². The molecule has 0 atom stereocenters. The van der Waals surface area contributed by atoms with E-state index >= 15 is 0 Å². The van der Waals surface area contributed by atoms with Crippen LogP contribution in [0.3, 0.4) is 0 Å².